The number of rotatable bonds is 6. The predicted molar refractivity (Wildman–Crippen MR) is 66.9 cm³/mol. The summed E-state index contributed by atoms with van der Waals surface area (Å²) in [5, 5.41) is 0. The number of ether oxygens (including phenoxy) is 1. The van der Waals surface area contributed by atoms with Crippen LogP contribution >= 0.6 is 0 Å². The number of hydrogen-bond acceptors (Lipinski definition) is 4. The van der Waals surface area contributed by atoms with Crippen molar-refractivity contribution in [3.05, 3.63) is 23.4 Å². The summed E-state index contributed by atoms with van der Waals surface area (Å²) in [6.45, 7) is 4.30. The first-order chi connectivity index (χ1) is 7.69. The van der Waals surface area contributed by atoms with Crippen molar-refractivity contribution in [2.75, 3.05) is 38.8 Å². The van der Waals surface area contributed by atoms with Gasteiger partial charge in [0.2, 0.25) is 0 Å². The molecule has 0 bridgehead atoms. The average molecular weight is 223 g/mol. The maximum atomic E-state index is 5.52. The Labute approximate surface area is 97.4 Å². The Morgan fingerprint density at radius 3 is 2.81 bits per heavy atom. The number of hydrogen-bond donors (Lipinski definition) is 1. The number of likely N-dealkylation sites (N-methyl/N-ethyl adjacent to an activating group) is 1. The van der Waals surface area contributed by atoms with E-state index in [1.807, 2.05) is 13.2 Å². The lowest BCUT2D eigenvalue weighted by molar-refractivity contribution is 0.206. The van der Waals surface area contributed by atoms with Gasteiger partial charge in [0.05, 0.1) is 6.61 Å². The zero-order chi connectivity index (χ0) is 12.0. The molecule has 0 aliphatic rings. The van der Waals surface area contributed by atoms with Gasteiger partial charge in [-0.05, 0) is 31.0 Å². The zero-order valence-electron chi connectivity index (χ0n) is 10.4. The molecular formula is C12H21N3O. The Balaban J connectivity index is 2.73. The van der Waals surface area contributed by atoms with Crippen LogP contribution in [0, 0.1) is 6.92 Å². The number of aryl methyl sites for hydroxylation is 1. The molecule has 0 atom stereocenters. The topological polar surface area (TPSA) is 51.4 Å². The normalized spacial score (nSPS) is 10.5. The molecule has 1 aromatic heterocycles. The van der Waals surface area contributed by atoms with Crippen LogP contribution in [-0.2, 0) is 11.2 Å². The third kappa shape index (κ3) is 3.47. The number of aromatic nitrogens is 1. The highest BCUT2D eigenvalue weighted by Crippen LogP contribution is 2.16. The minimum atomic E-state index is 0.667. The maximum absolute atomic E-state index is 5.52. The maximum Gasteiger partial charge on any atom is 0.131 e. The van der Waals surface area contributed by atoms with E-state index in [1.165, 1.54) is 11.1 Å². The molecule has 4 heteroatoms. The zero-order valence-corrected chi connectivity index (χ0v) is 10.4. The highest BCUT2D eigenvalue weighted by atomic mass is 16.5. The molecular weight excluding hydrogens is 202 g/mol. The lowest BCUT2D eigenvalue weighted by Gasteiger charge is -2.20. The molecule has 0 aliphatic heterocycles. The van der Waals surface area contributed by atoms with Crippen molar-refractivity contribution in [2.24, 2.45) is 5.73 Å². The van der Waals surface area contributed by atoms with E-state index in [0.717, 1.165) is 18.8 Å². The van der Waals surface area contributed by atoms with Crippen molar-refractivity contribution < 1.29 is 4.74 Å². The highest BCUT2D eigenvalue weighted by Gasteiger charge is 2.06. The second-order valence-electron chi connectivity index (χ2n) is 3.94. The fourth-order valence-electron chi connectivity index (χ4n) is 1.66. The highest BCUT2D eigenvalue weighted by molar-refractivity contribution is 5.46. The number of nitrogens with zero attached hydrogens (tertiary/aromatic N) is 2. The molecule has 90 valence electrons. The Kier molecular flexibility index (Phi) is 5.22. The van der Waals surface area contributed by atoms with Crippen molar-refractivity contribution in [2.45, 2.75) is 13.3 Å². The Morgan fingerprint density at radius 2 is 2.25 bits per heavy atom. The average Bonchev–Trinajstić information content (AvgIpc) is 2.26. The Hall–Kier alpha value is -1.13. The molecule has 4 nitrogen and oxygen atoms in total. The number of methoxy groups -OCH3 is 1. The van der Waals surface area contributed by atoms with Crippen LogP contribution in [0.1, 0.15) is 11.1 Å². The van der Waals surface area contributed by atoms with Crippen LogP contribution in [0.25, 0.3) is 0 Å². The van der Waals surface area contributed by atoms with E-state index in [0.29, 0.717) is 13.2 Å². The molecule has 16 heavy (non-hydrogen) atoms. The summed E-state index contributed by atoms with van der Waals surface area (Å²) in [4.78, 5) is 6.57. The van der Waals surface area contributed by atoms with Crippen LogP contribution in [0.3, 0.4) is 0 Å². The second-order valence-corrected chi connectivity index (χ2v) is 3.94. The van der Waals surface area contributed by atoms with E-state index in [9.17, 15) is 0 Å². The molecule has 1 rings (SSSR count). The molecule has 0 aromatic carbocycles. The first kappa shape index (κ1) is 12.9. The van der Waals surface area contributed by atoms with Gasteiger partial charge in [-0.25, -0.2) is 4.98 Å². The van der Waals surface area contributed by atoms with Gasteiger partial charge in [-0.1, -0.05) is 6.07 Å². The minimum absolute atomic E-state index is 0.667. The Morgan fingerprint density at radius 1 is 1.50 bits per heavy atom. The summed E-state index contributed by atoms with van der Waals surface area (Å²) in [5.41, 5.74) is 7.90. The van der Waals surface area contributed by atoms with Crippen molar-refractivity contribution in [1.82, 2.24) is 4.98 Å². The van der Waals surface area contributed by atoms with Gasteiger partial charge in [0.15, 0.2) is 0 Å². The van der Waals surface area contributed by atoms with Gasteiger partial charge in [-0.3, -0.25) is 0 Å². The summed E-state index contributed by atoms with van der Waals surface area (Å²) in [6.07, 6.45) is 2.79. The molecule has 1 aromatic rings. The van der Waals surface area contributed by atoms with E-state index in [1.54, 1.807) is 7.11 Å². The van der Waals surface area contributed by atoms with E-state index in [2.05, 4.69) is 22.9 Å². The summed E-state index contributed by atoms with van der Waals surface area (Å²) >= 11 is 0. The minimum Gasteiger partial charge on any atom is -0.383 e. The van der Waals surface area contributed by atoms with Crippen LogP contribution in [0.2, 0.25) is 0 Å². The van der Waals surface area contributed by atoms with E-state index >= 15 is 0 Å². The van der Waals surface area contributed by atoms with Crippen molar-refractivity contribution in [3.8, 4) is 0 Å². The van der Waals surface area contributed by atoms with Crippen molar-refractivity contribution in [1.29, 1.82) is 0 Å². The summed E-state index contributed by atoms with van der Waals surface area (Å²) in [5.74, 6) is 1.01. The molecule has 0 radical (unpaired) electrons. The van der Waals surface area contributed by atoms with Gasteiger partial charge >= 0.3 is 0 Å². The Bertz CT molecular complexity index is 328. The van der Waals surface area contributed by atoms with Gasteiger partial charge in [-0.15, -0.1) is 0 Å². The largest absolute Gasteiger partial charge is 0.383 e. The fourth-order valence-corrected chi connectivity index (χ4v) is 1.66. The summed E-state index contributed by atoms with van der Waals surface area (Å²) < 4.78 is 5.05. The first-order valence-electron chi connectivity index (χ1n) is 5.54. The molecule has 2 N–H and O–H groups in total. The van der Waals surface area contributed by atoms with Crippen molar-refractivity contribution >= 4 is 5.82 Å². The molecule has 0 unspecified atom stereocenters. The van der Waals surface area contributed by atoms with Gasteiger partial charge in [0, 0.05) is 26.9 Å². The van der Waals surface area contributed by atoms with Crippen LogP contribution in [0.4, 0.5) is 5.82 Å². The van der Waals surface area contributed by atoms with Crippen LogP contribution in [-0.4, -0.2) is 38.8 Å². The smallest absolute Gasteiger partial charge is 0.131 e. The lowest BCUT2D eigenvalue weighted by atomic mass is 10.1. The van der Waals surface area contributed by atoms with Crippen LogP contribution in [0.5, 0.6) is 0 Å². The monoisotopic (exact) mass is 223 g/mol. The summed E-state index contributed by atoms with van der Waals surface area (Å²) in [6, 6.07) is 2.15. The van der Waals surface area contributed by atoms with Crippen LogP contribution in [0.15, 0.2) is 12.3 Å². The predicted octanol–water partition coefficient (Wildman–Crippen LogP) is 0.974. The fraction of sp³-hybridized carbons (Fsp3) is 0.583. The molecule has 0 saturated carbocycles. The van der Waals surface area contributed by atoms with Crippen LogP contribution < -0.4 is 10.6 Å². The molecule has 0 spiro atoms. The first-order valence-corrected chi connectivity index (χ1v) is 5.54. The number of pyridine rings is 1. The van der Waals surface area contributed by atoms with Gasteiger partial charge in [-0.2, -0.15) is 0 Å². The van der Waals surface area contributed by atoms with Gasteiger partial charge in [0.1, 0.15) is 5.82 Å². The third-order valence-electron chi connectivity index (χ3n) is 2.53. The second kappa shape index (κ2) is 6.45. The SMILES string of the molecule is COCCN(C)c1ncc(CCN)cc1C. The van der Waals surface area contributed by atoms with E-state index in [-0.39, 0.29) is 0 Å². The number of nitrogens with two attached hydrogens (primary N) is 1. The van der Waals surface area contributed by atoms with E-state index < -0.39 is 0 Å². The third-order valence-corrected chi connectivity index (χ3v) is 2.53. The molecule has 1 heterocycles. The molecule has 0 aliphatic carbocycles. The van der Waals surface area contributed by atoms with Gasteiger partial charge in [0.25, 0.3) is 0 Å². The molecule has 0 saturated heterocycles. The number of anilines is 1. The molecule has 0 amide bonds. The quantitative estimate of drug-likeness (QED) is 0.781. The van der Waals surface area contributed by atoms with Crippen molar-refractivity contribution in [3.63, 3.8) is 0 Å². The molecule has 0 fully saturated rings. The van der Waals surface area contributed by atoms with Gasteiger partial charge < -0.3 is 15.4 Å². The standard InChI is InChI=1S/C12H21N3O/c1-10-8-11(4-5-13)9-14-12(10)15(2)6-7-16-3/h8-9H,4-7,13H2,1-3H3. The van der Waals surface area contributed by atoms with E-state index in [4.69, 9.17) is 10.5 Å². The lowest BCUT2D eigenvalue weighted by Crippen LogP contribution is -2.24. The summed E-state index contributed by atoms with van der Waals surface area (Å²) in [7, 11) is 3.73.